The first-order chi connectivity index (χ1) is 8.86. The molecule has 0 aliphatic carbocycles. The number of benzene rings is 2. The van der Waals surface area contributed by atoms with E-state index in [0.717, 1.165) is 18.2 Å². The summed E-state index contributed by atoms with van der Waals surface area (Å²) in [6, 6.07) is 8.37. The Balaban J connectivity index is 2.20. The molecule has 0 fully saturated rings. The average molecular weight is 270 g/mol. The van der Waals surface area contributed by atoms with E-state index < -0.39 is 17.6 Å². The van der Waals surface area contributed by atoms with E-state index in [4.69, 9.17) is 5.73 Å². The maximum atomic E-state index is 13.5. The van der Waals surface area contributed by atoms with Gasteiger partial charge in [0.1, 0.15) is 5.82 Å². The lowest BCUT2D eigenvalue weighted by Crippen LogP contribution is -2.04. The molecule has 2 nitrogen and oxygen atoms in total. The van der Waals surface area contributed by atoms with Gasteiger partial charge in [-0.2, -0.15) is 13.2 Å². The number of nitrogen functional groups attached to an aromatic ring is 1. The van der Waals surface area contributed by atoms with Crippen LogP contribution in [-0.4, -0.2) is 0 Å². The van der Waals surface area contributed by atoms with Crippen LogP contribution in [0, 0.1) is 5.82 Å². The summed E-state index contributed by atoms with van der Waals surface area (Å²) in [6.07, 6.45) is -4.38. The van der Waals surface area contributed by atoms with Crippen molar-refractivity contribution in [3.63, 3.8) is 0 Å². The lowest BCUT2D eigenvalue weighted by Gasteiger charge is -2.10. The molecule has 0 saturated heterocycles. The maximum absolute atomic E-state index is 13.5. The second kappa shape index (κ2) is 4.79. The SMILES string of the molecule is Nc1ccc(Nc2ccc(C(F)(F)F)cc2)c(F)c1. The molecule has 0 aromatic heterocycles. The van der Waals surface area contributed by atoms with Gasteiger partial charge in [0, 0.05) is 11.4 Å². The first-order valence-electron chi connectivity index (χ1n) is 5.35. The van der Waals surface area contributed by atoms with Crippen LogP contribution >= 0.6 is 0 Å². The number of nitrogens with two attached hydrogens (primary N) is 1. The molecule has 0 spiro atoms. The van der Waals surface area contributed by atoms with Gasteiger partial charge in [0.15, 0.2) is 0 Å². The zero-order valence-electron chi connectivity index (χ0n) is 9.63. The molecule has 2 aromatic carbocycles. The predicted octanol–water partition coefficient (Wildman–Crippen LogP) is 4.17. The van der Waals surface area contributed by atoms with Gasteiger partial charge in [-0.3, -0.25) is 0 Å². The number of hydrogen-bond acceptors (Lipinski definition) is 2. The van der Waals surface area contributed by atoms with Crippen LogP contribution < -0.4 is 11.1 Å². The molecule has 2 rings (SSSR count). The molecule has 3 N–H and O–H groups in total. The molecule has 2 aromatic rings. The van der Waals surface area contributed by atoms with E-state index in [9.17, 15) is 17.6 Å². The standard InChI is InChI=1S/C13H10F4N2/c14-11-7-9(18)3-6-12(11)19-10-4-1-8(2-5-10)13(15,16)17/h1-7,19H,18H2. The highest BCUT2D eigenvalue weighted by Crippen LogP contribution is 2.30. The third-order valence-corrected chi connectivity index (χ3v) is 2.48. The monoisotopic (exact) mass is 270 g/mol. The first-order valence-corrected chi connectivity index (χ1v) is 5.35. The Morgan fingerprint density at radius 1 is 0.947 bits per heavy atom. The number of halogens is 4. The molecule has 0 amide bonds. The van der Waals surface area contributed by atoms with Crippen LogP contribution in [-0.2, 0) is 6.18 Å². The summed E-state index contributed by atoms with van der Waals surface area (Å²) in [5.74, 6) is -0.570. The summed E-state index contributed by atoms with van der Waals surface area (Å²) in [5.41, 5.74) is 5.42. The van der Waals surface area contributed by atoms with E-state index >= 15 is 0 Å². The van der Waals surface area contributed by atoms with Crippen molar-refractivity contribution in [2.24, 2.45) is 0 Å². The minimum Gasteiger partial charge on any atom is -0.399 e. The van der Waals surface area contributed by atoms with E-state index in [0.29, 0.717) is 5.69 Å². The van der Waals surface area contributed by atoms with Gasteiger partial charge in [-0.25, -0.2) is 4.39 Å². The number of nitrogens with one attached hydrogen (secondary N) is 1. The third kappa shape index (κ3) is 3.15. The van der Waals surface area contributed by atoms with Gasteiger partial charge in [-0.1, -0.05) is 0 Å². The molecule has 0 aliphatic rings. The van der Waals surface area contributed by atoms with E-state index in [1.54, 1.807) is 0 Å². The lowest BCUT2D eigenvalue weighted by atomic mass is 10.2. The van der Waals surface area contributed by atoms with E-state index in [1.807, 2.05) is 0 Å². The van der Waals surface area contributed by atoms with Gasteiger partial charge in [-0.05, 0) is 42.5 Å². The Kier molecular flexibility index (Phi) is 3.33. The molecule has 6 heteroatoms. The second-order valence-electron chi connectivity index (χ2n) is 3.94. The minimum atomic E-state index is -4.38. The molecular weight excluding hydrogens is 260 g/mol. The van der Waals surface area contributed by atoms with Crippen LogP contribution in [0.2, 0.25) is 0 Å². The summed E-state index contributed by atoms with van der Waals surface area (Å²) in [6.45, 7) is 0. The van der Waals surface area contributed by atoms with Crippen molar-refractivity contribution in [2.75, 3.05) is 11.1 Å². The van der Waals surface area contributed by atoms with Crippen molar-refractivity contribution in [3.05, 3.63) is 53.8 Å². The lowest BCUT2D eigenvalue weighted by molar-refractivity contribution is -0.137. The van der Waals surface area contributed by atoms with E-state index in [-0.39, 0.29) is 11.4 Å². The molecule has 0 saturated carbocycles. The highest BCUT2D eigenvalue weighted by molar-refractivity contribution is 5.62. The van der Waals surface area contributed by atoms with Gasteiger partial charge >= 0.3 is 6.18 Å². The third-order valence-electron chi connectivity index (χ3n) is 2.48. The van der Waals surface area contributed by atoms with Crippen molar-refractivity contribution in [1.29, 1.82) is 0 Å². The van der Waals surface area contributed by atoms with Crippen molar-refractivity contribution in [2.45, 2.75) is 6.18 Å². The van der Waals surface area contributed by atoms with Crippen LogP contribution in [0.5, 0.6) is 0 Å². The number of anilines is 3. The largest absolute Gasteiger partial charge is 0.416 e. The van der Waals surface area contributed by atoms with Crippen LogP contribution in [0.15, 0.2) is 42.5 Å². The van der Waals surface area contributed by atoms with Crippen molar-refractivity contribution < 1.29 is 17.6 Å². The Hall–Kier alpha value is -2.24. The number of alkyl halides is 3. The molecule has 0 unspecified atom stereocenters. The summed E-state index contributed by atoms with van der Waals surface area (Å²) in [7, 11) is 0. The average Bonchev–Trinajstić information content (AvgIpc) is 2.32. The van der Waals surface area contributed by atoms with Gasteiger partial charge in [0.05, 0.1) is 11.3 Å². The Morgan fingerprint density at radius 2 is 1.58 bits per heavy atom. The van der Waals surface area contributed by atoms with Crippen LogP contribution in [0.25, 0.3) is 0 Å². The molecule has 19 heavy (non-hydrogen) atoms. The summed E-state index contributed by atoms with van der Waals surface area (Å²) in [4.78, 5) is 0. The van der Waals surface area contributed by atoms with Crippen molar-refractivity contribution in [3.8, 4) is 0 Å². The highest BCUT2D eigenvalue weighted by Gasteiger charge is 2.29. The zero-order chi connectivity index (χ0) is 14.0. The maximum Gasteiger partial charge on any atom is 0.416 e. The molecule has 0 heterocycles. The molecule has 100 valence electrons. The molecule has 0 bridgehead atoms. The Bertz CT molecular complexity index is 576. The fraction of sp³-hybridized carbons (Fsp3) is 0.0769. The number of hydrogen-bond donors (Lipinski definition) is 2. The minimum absolute atomic E-state index is 0.147. The molecule has 0 radical (unpaired) electrons. The highest BCUT2D eigenvalue weighted by atomic mass is 19.4. The predicted molar refractivity (Wildman–Crippen MR) is 65.5 cm³/mol. The quantitative estimate of drug-likeness (QED) is 0.635. The molecular formula is C13H10F4N2. The smallest absolute Gasteiger partial charge is 0.399 e. The topological polar surface area (TPSA) is 38.0 Å². The molecule has 0 aliphatic heterocycles. The Morgan fingerprint density at radius 3 is 2.11 bits per heavy atom. The van der Waals surface area contributed by atoms with Crippen LogP contribution in [0.4, 0.5) is 34.6 Å². The van der Waals surface area contributed by atoms with Gasteiger partial charge in [-0.15, -0.1) is 0 Å². The molecule has 0 atom stereocenters. The fourth-order valence-electron chi connectivity index (χ4n) is 1.53. The van der Waals surface area contributed by atoms with E-state index in [1.165, 1.54) is 24.3 Å². The van der Waals surface area contributed by atoms with Crippen LogP contribution in [0.3, 0.4) is 0 Å². The van der Waals surface area contributed by atoms with Gasteiger partial charge < -0.3 is 11.1 Å². The van der Waals surface area contributed by atoms with Gasteiger partial charge in [0.25, 0.3) is 0 Å². The summed E-state index contributed by atoms with van der Waals surface area (Å²) >= 11 is 0. The van der Waals surface area contributed by atoms with Crippen molar-refractivity contribution in [1.82, 2.24) is 0 Å². The van der Waals surface area contributed by atoms with Crippen molar-refractivity contribution >= 4 is 17.1 Å². The Labute approximate surface area is 106 Å². The fourth-order valence-corrected chi connectivity index (χ4v) is 1.53. The van der Waals surface area contributed by atoms with E-state index in [2.05, 4.69) is 5.32 Å². The normalized spacial score (nSPS) is 11.4. The summed E-state index contributed by atoms with van der Waals surface area (Å²) < 4.78 is 50.6. The zero-order valence-corrected chi connectivity index (χ0v) is 9.63. The second-order valence-corrected chi connectivity index (χ2v) is 3.94. The first kappa shape index (κ1) is 13.2. The van der Waals surface area contributed by atoms with Crippen LogP contribution in [0.1, 0.15) is 5.56 Å². The summed E-state index contributed by atoms with van der Waals surface area (Å²) in [5, 5.41) is 2.68. The number of rotatable bonds is 2. The van der Waals surface area contributed by atoms with Gasteiger partial charge in [0.2, 0.25) is 0 Å².